The minimum absolute atomic E-state index is 0.0287. The Bertz CT molecular complexity index is 663. The van der Waals surface area contributed by atoms with Gasteiger partial charge in [0.15, 0.2) is 5.78 Å². The number of ketones is 1. The van der Waals surface area contributed by atoms with E-state index in [4.69, 9.17) is 33.7 Å². The molecule has 3 rings (SSSR count). The van der Waals surface area contributed by atoms with Crippen molar-refractivity contribution in [1.29, 1.82) is 5.26 Å². The van der Waals surface area contributed by atoms with Gasteiger partial charge in [-0.15, -0.1) is 0 Å². The minimum atomic E-state index is -0.609. The van der Waals surface area contributed by atoms with Crippen molar-refractivity contribution in [3.05, 3.63) is 32.3 Å². The lowest BCUT2D eigenvalue weighted by Gasteiger charge is -2.36. The molecule has 0 bridgehead atoms. The van der Waals surface area contributed by atoms with Gasteiger partial charge in [-0.1, -0.05) is 35.0 Å². The van der Waals surface area contributed by atoms with Crippen molar-refractivity contribution in [1.82, 2.24) is 4.90 Å². The lowest BCUT2D eigenvalue weighted by molar-refractivity contribution is -0.117. The van der Waals surface area contributed by atoms with Crippen LogP contribution in [0.25, 0.3) is 0 Å². The van der Waals surface area contributed by atoms with E-state index in [0.717, 1.165) is 6.42 Å². The molecular weight excluding hydrogens is 333 g/mol. The molecule has 0 aromatic heterocycles. The second-order valence-electron chi connectivity index (χ2n) is 4.82. The van der Waals surface area contributed by atoms with Gasteiger partial charge < -0.3 is 15.4 Å². The highest BCUT2D eigenvalue weighted by Crippen LogP contribution is 2.44. The van der Waals surface area contributed by atoms with Gasteiger partial charge in [0.1, 0.15) is 33.0 Å². The van der Waals surface area contributed by atoms with Gasteiger partial charge in [0, 0.05) is 12.8 Å². The van der Waals surface area contributed by atoms with E-state index in [0.29, 0.717) is 39.6 Å². The largest absolute Gasteiger partial charge is 0.444 e. The van der Waals surface area contributed by atoms with Crippen LogP contribution in [0.4, 0.5) is 0 Å². The Morgan fingerprint density at radius 2 is 2.19 bits per heavy atom. The van der Waals surface area contributed by atoms with Gasteiger partial charge in [0.2, 0.25) is 5.88 Å². The maximum Gasteiger partial charge on any atom is 0.206 e. The Kier molecular flexibility index (Phi) is 3.82. The predicted octanol–water partition coefficient (Wildman–Crippen LogP) is 2.70. The number of carbonyl (C=O) groups excluding carboxylic acids is 1. The quantitative estimate of drug-likeness (QED) is 0.737. The van der Waals surface area contributed by atoms with Crippen LogP contribution in [0, 0.1) is 11.3 Å². The number of nitrogens with zero attached hydrogens (tertiary/aromatic N) is 2. The Labute approximate surface area is 136 Å². The van der Waals surface area contributed by atoms with Crippen molar-refractivity contribution in [2.24, 2.45) is 5.73 Å². The molecule has 21 heavy (non-hydrogen) atoms. The SMILES string of the molecule is N#CC1=C(N)OC2=C(C(=O)CCC2)C1N1CSC(Cl)=C1Cl. The summed E-state index contributed by atoms with van der Waals surface area (Å²) in [6.45, 7) is 0. The Balaban J connectivity index is 2.12. The second-order valence-corrected chi connectivity index (χ2v) is 6.73. The molecule has 0 radical (unpaired) electrons. The zero-order chi connectivity index (χ0) is 15.1. The predicted molar refractivity (Wildman–Crippen MR) is 80.6 cm³/mol. The third-order valence-electron chi connectivity index (χ3n) is 3.63. The summed E-state index contributed by atoms with van der Waals surface area (Å²) in [5.41, 5.74) is 6.53. The van der Waals surface area contributed by atoms with E-state index in [2.05, 4.69) is 0 Å². The number of nitrogens with two attached hydrogens (primary N) is 1. The van der Waals surface area contributed by atoms with Crippen LogP contribution in [-0.4, -0.2) is 22.6 Å². The van der Waals surface area contributed by atoms with Gasteiger partial charge in [0.05, 0.1) is 11.4 Å². The summed E-state index contributed by atoms with van der Waals surface area (Å²) in [4.78, 5) is 14.0. The van der Waals surface area contributed by atoms with E-state index >= 15 is 0 Å². The van der Waals surface area contributed by atoms with E-state index in [-0.39, 0.29) is 17.2 Å². The molecule has 2 aliphatic heterocycles. The van der Waals surface area contributed by atoms with Crippen LogP contribution in [0.3, 0.4) is 0 Å². The van der Waals surface area contributed by atoms with Crippen molar-refractivity contribution in [3.8, 4) is 6.07 Å². The maximum atomic E-state index is 12.3. The first kappa shape index (κ1) is 14.6. The highest BCUT2D eigenvalue weighted by molar-refractivity contribution is 8.04. The topological polar surface area (TPSA) is 79.4 Å². The summed E-state index contributed by atoms with van der Waals surface area (Å²) in [6, 6.07) is 1.43. The van der Waals surface area contributed by atoms with E-state index < -0.39 is 6.04 Å². The van der Waals surface area contributed by atoms with E-state index in [9.17, 15) is 10.1 Å². The van der Waals surface area contributed by atoms with Crippen molar-refractivity contribution < 1.29 is 9.53 Å². The van der Waals surface area contributed by atoms with Crippen LogP contribution in [0.2, 0.25) is 0 Å². The summed E-state index contributed by atoms with van der Waals surface area (Å²) in [6.07, 6.45) is 1.79. The molecular formula is C13H11Cl2N3O2S. The summed E-state index contributed by atoms with van der Waals surface area (Å²) < 4.78 is 5.93. The van der Waals surface area contributed by atoms with Gasteiger partial charge >= 0.3 is 0 Å². The molecule has 1 unspecified atom stereocenters. The molecule has 0 aromatic rings. The van der Waals surface area contributed by atoms with Crippen molar-refractivity contribution in [2.45, 2.75) is 25.3 Å². The molecule has 0 spiro atoms. The molecule has 0 aromatic carbocycles. The first-order valence-corrected chi connectivity index (χ1v) is 8.07. The molecule has 5 nitrogen and oxygen atoms in total. The van der Waals surface area contributed by atoms with E-state index in [1.54, 1.807) is 4.90 Å². The number of nitriles is 1. The number of rotatable bonds is 1. The number of thioether (sulfide) groups is 1. The van der Waals surface area contributed by atoms with E-state index in [1.807, 2.05) is 6.07 Å². The number of halogens is 2. The molecule has 2 heterocycles. The Hall–Kier alpha value is -1.29. The Morgan fingerprint density at radius 3 is 2.81 bits per heavy atom. The average Bonchev–Trinajstić information content (AvgIpc) is 2.78. The molecule has 3 aliphatic rings. The monoisotopic (exact) mass is 343 g/mol. The van der Waals surface area contributed by atoms with Crippen molar-refractivity contribution in [3.63, 3.8) is 0 Å². The lowest BCUT2D eigenvalue weighted by Crippen LogP contribution is -2.42. The first-order chi connectivity index (χ1) is 10.0. The van der Waals surface area contributed by atoms with Crippen molar-refractivity contribution >= 4 is 40.7 Å². The number of allylic oxidation sites excluding steroid dienone is 1. The van der Waals surface area contributed by atoms with Gasteiger partial charge in [-0.2, -0.15) is 5.26 Å². The van der Waals surface area contributed by atoms with Crippen LogP contribution >= 0.6 is 35.0 Å². The summed E-state index contributed by atoms with van der Waals surface area (Å²) in [5, 5.41) is 9.73. The molecule has 1 aliphatic carbocycles. The van der Waals surface area contributed by atoms with Gasteiger partial charge in [-0.3, -0.25) is 4.79 Å². The van der Waals surface area contributed by atoms with Crippen LogP contribution in [0.15, 0.2) is 32.3 Å². The summed E-state index contributed by atoms with van der Waals surface area (Å²) in [5.74, 6) is 1.02. The molecule has 2 N–H and O–H groups in total. The normalized spacial score (nSPS) is 26.0. The molecule has 110 valence electrons. The molecule has 8 heteroatoms. The van der Waals surface area contributed by atoms with E-state index in [1.165, 1.54) is 11.8 Å². The summed E-state index contributed by atoms with van der Waals surface area (Å²) >= 11 is 13.6. The molecule has 0 saturated heterocycles. The fraction of sp³-hybridized carbons (Fsp3) is 0.385. The smallest absolute Gasteiger partial charge is 0.206 e. The standard InChI is InChI=1S/C13H11Cl2N3O2S/c14-11-12(15)21-5-18(11)10-6(4-16)13(17)20-8-3-1-2-7(19)9(8)10/h10H,1-3,5,17H2. The molecule has 1 atom stereocenters. The number of hydrogen-bond donors (Lipinski definition) is 1. The maximum absolute atomic E-state index is 12.3. The number of carbonyl (C=O) groups is 1. The molecule has 0 amide bonds. The number of hydrogen-bond acceptors (Lipinski definition) is 6. The van der Waals surface area contributed by atoms with Gasteiger partial charge in [-0.05, 0) is 6.42 Å². The molecule has 0 fully saturated rings. The third kappa shape index (κ3) is 2.30. The zero-order valence-corrected chi connectivity index (χ0v) is 13.2. The zero-order valence-electron chi connectivity index (χ0n) is 10.9. The third-order valence-corrected chi connectivity index (χ3v) is 5.61. The fourth-order valence-corrected chi connectivity index (χ4v) is 4.10. The lowest BCUT2D eigenvalue weighted by atomic mass is 9.85. The number of ether oxygens (including phenoxy) is 1. The van der Waals surface area contributed by atoms with Gasteiger partial charge in [-0.25, -0.2) is 0 Å². The first-order valence-electron chi connectivity index (χ1n) is 6.33. The van der Waals surface area contributed by atoms with Crippen LogP contribution in [-0.2, 0) is 9.53 Å². The highest BCUT2D eigenvalue weighted by atomic mass is 35.5. The minimum Gasteiger partial charge on any atom is -0.444 e. The van der Waals surface area contributed by atoms with Crippen molar-refractivity contribution in [2.75, 3.05) is 5.88 Å². The van der Waals surface area contributed by atoms with Crippen LogP contribution in [0.1, 0.15) is 19.3 Å². The summed E-state index contributed by atoms with van der Waals surface area (Å²) in [7, 11) is 0. The fourth-order valence-electron chi connectivity index (χ4n) is 2.68. The van der Waals surface area contributed by atoms with Gasteiger partial charge in [0.25, 0.3) is 0 Å². The highest BCUT2D eigenvalue weighted by Gasteiger charge is 2.42. The Morgan fingerprint density at radius 1 is 1.43 bits per heavy atom. The average molecular weight is 344 g/mol. The number of Topliss-reactive ketones (excluding diaryl/α,β-unsaturated/α-hetero) is 1. The second kappa shape index (κ2) is 5.48. The molecule has 0 saturated carbocycles. The van der Waals surface area contributed by atoms with Crippen LogP contribution in [0.5, 0.6) is 0 Å². The van der Waals surface area contributed by atoms with Crippen LogP contribution < -0.4 is 5.73 Å².